The van der Waals surface area contributed by atoms with Crippen molar-refractivity contribution in [3.8, 4) is 11.8 Å². The highest BCUT2D eigenvalue weighted by Crippen LogP contribution is 2.28. The highest BCUT2D eigenvalue weighted by atomic mass is 32.2. The summed E-state index contributed by atoms with van der Waals surface area (Å²) in [6.07, 6.45) is 2.00. The molecule has 1 aliphatic heterocycles. The minimum absolute atomic E-state index is 0.0531. The second-order valence-corrected chi connectivity index (χ2v) is 9.14. The molecule has 2 heterocycles. The number of sulfone groups is 1. The van der Waals surface area contributed by atoms with Gasteiger partial charge >= 0.3 is 0 Å². The number of aromatic nitrogens is 2. The van der Waals surface area contributed by atoms with Gasteiger partial charge in [-0.15, -0.1) is 0 Å². The lowest BCUT2D eigenvalue weighted by atomic mass is 10.1. The van der Waals surface area contributed by atoms with Crippen LogP contribution in [0.2, 0.25) is 0 Å². The Hall–Kier alpha value is -3.12. The number of aryl methyl sites for hydroxylation is 1. The molecule has 1 aromatic carbocycles. The monoisotopic (exact) mass is 414 g/mol. The number of ether oxygens (including phenoxy) is 1. The molecule has 29 heavy (non-hydrogen) atoms. The van der Waals surface area contributed by atoms with Gasteiger partial charge in [0.2, 0.25) is 0 Å². The van der Waals surface area contributed by atoms with E-state index in [2.05, 4.69) is 10.4 Å². The smallest absolute Gasteiger partial charge is 0.266 e. The maximum atomic E-state index is 12.6. The van der Waals surface area contributed by atoms with E-state index in [0.29, 0.717) is 29.1 Å². The molecule has 0 aliphatic carbocycles. The van der Waals surface area contributed by atoms with Gasteiger partial charge in [-0.05, 0) is 38.5 Å². The number of nitrogens with zero attached hydrogens (tertiary/aromatic N) is 3. The fraction of sp³-hybridized carbons (Fsp3) is 0.350. The van der Waals surface area contributed by atoms with Gasteiger partial charge in [0.25, 0.3) is 5.91 Å². The Balaban J connectivity index is 1.90. The van der Waals surface area contributed by atoms with Crippen LogP contribution in [0.25, 0.3) is 6.08 Å². The molecule has 1 aromatic heterocycles. The van der Waals surface area contributed by atoms with Crippen LogP contribution < -0.4 is 10.1 Å². The topological polar surface area (TPSA) is 114 Å². The molecule has 1 N–H and O–H groups in total. The van der Waals surface area contributed by atoms with Crippen LogP contribution in [0.15, 0.2) is 29.8 Å². The van der Waals surface area contributed by atoms with Crippen LogP contribution >= 0.6 is 0 Å². The maximum Gasteiger partial charge on any atom is 0.266 e. The van der Waals surface area contributed by atoms with E-state index in [9.17, 15) is 18.5 Å². The van der Waals surface area contributed by atoms with Gasteiger partial charge in [-0.1, -0.05) is 12.1 Å². The summed E-state index contributed by atoms with van der Waals surface area (Å²) in [5.41, 5.74) is 2.37. The van der Waals surface area contributed by atoms with Crippen LogP contribution in [-0.4, -0.2) is 42.7 Å². The van der Waals surface area contributed by atoms with Crippen molar-refractivity contribution >= 4 is 27.5 Å². The Morgan fingerprint density at radius 2 is 2.10 bits per heavy atom. The Morgan fingerprint density at radius 3 is 2.72 bits per heavy atom. The molecule has 0 spiro atoms. The van der Waals surface area contributed by atoms with E-state index in [-0.39, 0.29) is 23.1 Å². The fourth-order valence-corrected chi connectivity index (χ4v) is 5.13. The van der Waals surface area contributed by atoms with E-state index >= 15 is 0 Å². The molecule has 1 aliphatic rings. The predicted molar refractivity (Wildman–Crippen MR) is 109 cm³/mol. The first kappa shape index (κ1) is 20.6. The summed E-state index contributed by atoms with van der Waals surface area (Å²) in [4.78, 5) is 12.6. The SMILES string of the molecule is COc1ccccc1NC(=O)/C(C#N)=C/c1c(C)nn([C@@H]2CCS(=O)(=O)C2)c1C. The minimum atomic E-state index is -3.05. The first-order valence-electron chi connectivity index (χ1n) is 9.08. The zero-order valence-corrected chi connectivity index (χ0v) is 17.3. The van der Waals surface area contributed by atoms with Crippen LogP contribution in [0.1, 0.15) is 29.4 Å². The molecule has 9 heteroatoms. The summed E-state index contributed by atoms with van der Waals surface area (Å²) in [6.45, 7) is 3.58. The molecule has 1 atom stereocenters. The number of anilines is 1. The molecular formula is C20H22N4O4S. The number of nitriles is 1. The number of rotatable bonds is 5. The second kappa shape index (κ2) is 8.09. The number of hydrogen-bond donors (Lipinski definition) is 1. The lowest BCUT2D eigenvalue weighted by Gasteiger charge is -2.11. The zero-order valence-electron chi connectivity index (χ0n) is 16.5. The Labute approximate surface area is 169 Å². The number of para-hydroxylation sites is 2. The quantitative estimate of drug-likeness (QED) is 0.594. The van der Waals surface area contributed by atoms with Gasteiger partial charge in [-0.2, -0.15) is 10.4 Å². The van der Waals surface area contributed by atoms with Crippen molar-refractivity contribution < 1.29 is 17.9 Å². The van der Waals surface area contributed by atoms with Crippen LogP contribution in [0.3, 0.4) is 0 Å². The van der Waals surface area contributed by atoms with Gasteiger partial charge in [0, 0.05) is 11.3 Å². The van der Waals surface area contributed by atoms with Gasteiger partial charge < -0.3 is 10.1 Å². The lowest BCUT2D eigenvalue weighted by Crippen LogP contribution is -2.14. The number of hydrogen-bond acceptors (Lipinski definition) is 6. The molecule has 1 amide bonds. The second-order valence-electron chi connectivity index (χ2n) is 6.91. The van der Waals surface area contributed by atoms with Crippen molar-refractivity contribution in [1.29, 1.82) is 5.26 Å². The highest BCUT2D eigenvalue weighted by Gasteiger charge is 2.31. The molecule has 0 bridgehead atoms. The van der Waals surface area contributed by atoms with E-state index in [1.54, 1.807) is 35.9 Å². The normalized spacial score (nSPS) is 18.3. The number of amides is 1. The van der Waals surface area contributed by atoms with Crippen molar-refractivity contribution in [3.05, 3.63) is 46.8 Å². The standard InChI is InChI=1S/C20H22N4O4S/c1-13-17(14(2)24(23-13)16-8-9-29(26,27)12-16)10-15(11-21)20(25)22-18-6-4-5-7-19(18)28-3/h4-7,10,16H,8-9,12H2,1-3H3,(H,22,25)/b15-10+/t16-/m1/s1. The number of carbonyl (C=O) groups is 1. The lowest BCUT2D eigenvalue weighted by molar-refractivity contribution is -0.112. The number of nitrogens with one attached hydrogen (secondary N) is 1. The number of carbonyl (C=O) groups excluding carboxylic acids is 1. The molecule has 0 radical (unpaired) electrons. The van der Waals surface area contributed by atoms with Gasteiger partial charge in [0.15, 0.2) is 9.84 Å². The van der Waals surface area contributed by atoms with Gasteiger partial charge in [0.05, 0.1) is 36.0 Å². The molecule has 3 rings (SSSR count). The van der Waals surface area contributed by atoms with E-state index in [4.69, 9.17) is 4.74 Å². The van der Waals surface area contributed by atoms with Crippen molar-refractivity contribution in [3.63, 3.8) is 0 Å². The summed E-state index contributed by atoms with van der Waals surface area (Å²) in [6, 6.07) is 8.62. The zero-order chi connectivity index (χ0) is 21.2. The molecule has 2 aromatic rings. The number of methoxy groups -OCH3 is 1. The van der Waals surface area contributed by atoms with Gasteiger partial charge in [-0.25, -0.2) is 8.42 Å². The molecule has 0 saturated carbocycles. The summed E-state index contributed by atoms with van der Waals surface area (Å²) in [5, 5.41) is 16.7. The van der Waals surface area contributed by atoms with Crippen molar-refractivity contribution in [2.75, 3.05) is 23.9 Å². The van der Waals surface area contributed by atoms with E-state index < -0.39 is 15.7 Å². The van der Waals surface area contributed by atoms with Crippen LogP contribution in [0.5, 0.6) is 5.75 Å². The average Bonchev–Trinajstić information content (AvgIpc) is 3.18. The van der Waals surface area contributed by atoms with Crippen LogP contribution in [-0.2, 0) is 14.6 Å². The third-order valence-corrected chi connectivity index (χ3v) is 6.69. The maximum absolute atomic E-state index is 12.6. The third-order valence-electron chi connectivity index (χ3n) is 4.94. The van der Waals surface area contributed by atoms with E-state index in [0.717, 1.165) is 5.69 Å². The van der Waals surface area contributed by atoms with Crippen molar-refractivity contribution in [1.82, 2.24) is 9.78 Å². The molecule has 1 fully saturated rings. The van der Waals surface area contributed by atoms with Crippen molar-refractivity contribution in [2.45, 2.75) is 26.3 Å². The third kappa shape index (κ3) is 4.32. The van der Waals surface area contributed by atoms with E-state index in [1.165, 1.54) is 13.2 Å². The summed E-state index contributed by atoms with van der Waals surface area (Å²) < 4.78 is 30.5. The first-order valence-corrected chi connectivity index (χ1v) is 10.9. The largest absolute Gasteiger partial charge is 0.495 e. The minimum Gasteiger partial charge on any atom is -0.495 e. The molecule has 1 saturated heterocycles. The van der Waals surface area contributed by atoms with Crippen molar-refractivity contribution in [2.24, 2.45) is 0 Å². The Kier molecular flexibility index (Phi) is 5.75. The summed E-state index contributed by atoms with van der Waals surface area (Å²) >= 11 is 0. The molecule has 8 nitrogen and oxygen atoms in total. The first-order chi connectivity index (χ1) is 13.8. The van der Waals surface area contributed by atoms with E-state index in [1.807, 2.05) is 13.0 Å². The summed E-state index contributed by atoms with van der Waals surface area (Å²) in [7, 11) is -1.55. The Morgan fingerprint density at radius 1 is 1.38 bits per heavy atom. The number of benzene rings is 1. The van der Waals surface area contributed by atoms with Crippen LogP contribution in [0.4, 0.5) is 5.69 Å². The van der Waals surface area contributed by atoms with Crippen LogP contribution in [0, 0.1) is 25.2 Å². The highest BCUT2D eigenvalue weighted by molar-refractivity contribution is 7.91. The molecule has 152 valence electrons. The van der Waals surface area contributed by atoms with Gasteiger partial charge in [-0.3, -0.25) is 9.48 Å². The molecular weight excluding hydrogens is 392 g/mol. The fourth-order valence-electron chi connectivity index (χ4n) is 3.44. The average molecular weight is 414 g/mol. The summed E-state index contributed by atoms with van der Waals surface area (Å²) in [5.74, 6) is 0.122. The molecule has 0 unspecified atom stereocenters. The van der Waals surface area contributed by atoms with Gasteiger partial charge in [0.1, 0.15) is 17.4 Å². The predicted octanol–water partition coefficient (Wildman–Crippen LogP) is 2.41. The Bertz CT molecular complexity index is 1130.